The molecule has 0 aromatic carbocycles. The zero-order valence-corrected chi connectivity index (χ0v) is 16.8. The first-order chi connectivity index (χ1) is 11.8. The summed E-state index contributed by atoms with van der Waals surface area (Å²) >= 11 is 0. The lowest BCUT2D eigenvalue weighted by Gasteiger charge is -2.11. The van der Waals surface area contributed by atoms with Gasteiger partial charge < -0.3 is 4.90 Å². The highest BCUT2D eigenvalue weighted by atomic mass is 15.3. The molecular weight excluding hydrogens is 292 g/mol. The lowest BCUT2D eigenvalue weighted by molar-refractivity contribution is 0.340. The van der Waals surface area contributed by atoms with E-state index in [1.54, 1.807) is 0 Å². The van der Waals surface area contributed by atoms with E-state index in [2.05, 4.69) is 36.0 Å². The van der Waals surface area contributed by atoms with Crippen molar-refractivity contribution in [2.24, 2.45) is 0 Å². The summed E-state index contributed by atoms with van der Waals surface area (Å²) in [4.78, 5) is 4.79. The van der Waals surface area contributed by atoms with Crippen molar-refractivity contribution in [2.75, 3.05) is 26.8 Å². The van der Waals surface area contributed by atoms with Crippen LogP contribution in [0.4, 0.5) is 0 Å². The molecule has 0 amide bonds. The third-order valence-electron chi connectivity index (χ3n) is 5.23. The molecule has 1 saturated heterocycles. The molecular formula is C22H44N2. The second-order valence-electron chi connectivity index (χ2n) is 7.80. The predicted octanol–water partition coefficient (Wildman–Crippen LogP) is 6.58. The van der Waals surface area contributed by atoms with E-state index in [1.165, 1.54) is 109 Å². The lowest BCUT2D eigenvalue weighted by Crippen LogP contribution is -2.17. The van der Waals surface area contributed by atoms with Crippen LogP contribution >= 0.6 is 0 Å². The zero-order valence-electron chi connectivity index (χ0n) is 16.8. The average Bonchev–Trinajstić information content (AvgIpc) is 3.00. The Morgan fingerprint density at radius 2 is 1.17 bits per heavy atom. The van der Waals surface area contributed by atoms with E-state index in [0.717, 1.165) is 6.67 Å². The largest absolute Gasteiger partial charge is 0.364 e. The number of allylic oxidation sites excluding steroid dienone is 1. The van der Waals surface area contributed by atoms with Crippen LogP contribution in [0.25, 0.3) is 0 Å². The summed E-state index contributed by atoms with van der Waals surface area (Å²) in [6, 6.07) is 0. The van der Waals surface area contributed by atoms with Crippen molar-refractivity contribution in [3.63, 3.8) is 0 Å². The standard InChI is InChI=1S/C22H44N2/c1-3-4-5-6-7-8-9-10-11-12-13-14-15-16-17-18-19-24-21-20-23(2)22-24/h18-19H,3-17,20-22H2,1-2H3. The molecule has 1 rings (SSSR count). The Labute approximate surface area is 152 Å². The van der Waals surface area contributed by atoms with Gasteiger partial charge in [-0.25, -0.2) is 0 Å². The highest BCUT2D eigenvalue weighted by molar-refractivity contribution is 4.85. The molecule has 24 heavy (non-hydrogen) atoms. The van der Waals surface area contributed by atoms with Crippen LogP contribution in [0, 0.1) is 0 Å². The van der Waals surface area contributed by atoms with Gasteiger partial charge in [0.05, 0.1) is 6.67 Å². The van der Waals surface area contributed by atoms with E-state index in [1.807, 2.05) is 0 Å². The summed E-state index contributed by atoms with van der Waals surface area (Å²) in [6.45, 7) is 5.81. The number of hydrogen-bond acceptors (Lipinski definition) is 2. The first-order valence-electron chi connectivity index (χ1n) is 10.9. The van der Waals surface area contributed by atoms with Gasteiger partial charge in [-0.15, -0.1) is 0 Å². The average molecular weight is 337 g/mol. The van der Waals surface area contributed by atoms with Crippen LogP contribution in [0.15, 0.2) is 12.3 Å². The second-order valence-corrected chi connectivity index (χ2v) is 7.80. The van der Waals surface area contributed by atoms with Crippen molar-refractivity contribution < 1.29 is 0 Å². The van der Waals surface area contributed by atoms with Gasteiger partial charge >= 0.3 is 0 Å². The second kappa shape index (κ2) is 16.0. The van der Waals surface area contributed by atoms with Gasteiger partial charge in [0.1, 0.15) is 0 Å². The molecule has 1 aliphatic heterocycles. The Bertz CT molecular complexity index is 288. The van der Waals surface area contributed by atoms with E-state index in [4.69, 9.17) is 0 Å². The first-order valence-corrected chi connectivity index (χ1v) is 10.9. The summed E-state index contributed by atoms with van der Waals surface area (Å²) in [5.41, 5.74) is 0. The monoisotopic (exact) mass is 336 g/mol. The number of hydrogen-bond donors (Lipinski definition) is 0. The quantitative estimate of drug-likeness (QED) is 0.294. The van der Waals surface area contributed by atoms with Crippen LogP contribution in [-0.2, 0) is 0 Å². The SMILES string of the molecule is CCCCCCCCCCCCCCCCC=CN1CCN(C)C1. The van der Waals surface area contributed by atoms with Crippen LogP contribution in [0.3, 0.4) is 0 Å². The third-order valence-corrected chi connectivity index (χ3v) is 5.23. The van der Waals surface area contributed by atoms with Crippen LogP contribution in [0.1, 0.15) is 103 Å². The number of likely N-dealkylation sites (N-methyl/N-ethyl adjacent to an activating group) is 1. The van der Waals surface area contributed by atoms with Crippen molar-refractivity contribution in [1.29, 1.82) is 0 Å². The van der Waals surface area contributed by atoms with Crippen molar-refractivity contribution in [2.45, 2.75) is 103 Å². The molecule has 0 unspecified atom stereocenters. The Balaban J connectivity index is 1.71. The molecule has 0 aliphatic carbocycles. The number of unbranched alkanes of at least 4 members (excludes halogenated alkanes) is 14. The summed E-state index contributed by atoms with van der Waals surface area (Å²) < 4.78 is 0. The summed E-state index contributed by atoms with van der Waals surface area (Å²) in [7, 11) is 2.20. The molecule has 0 atom stereocenters. The Morgan fingerprint density at radius 3 is 1.62 bits per heavy atom. The molecule has 0 aromatic rings. The van der Waals surface area contributed by atoms with E-state index in [-0.39, 0.29) is 0 Å². The van der Waals surface area contributed by atoms with Gasteiger partial charge in [-0.3, -0.25) is 4.90 Å². The fourth-order valence-electron chi connectivity index (χ4n) is 3.55. The smallest absolute Gasteiger partial charge is 0.0700 e. The van der Waals surface area contributed by atoms with Crippen LogP contribution in [0.5, 0.6) is 0 Å². The summed E-state index contributed by atoms with van der Waals surface area (Å²) in [6.07, 6.45) is 26.2. The molecule has 1 aliphatic rings. The molecule has 0 bridgehead atoms. The third kappa shape index (κ3) is 12.9. The normalized spacial score (nSPS) is 15.8. The van der Waals surface area contributed by atoms with Crippen LogP contribution in [-0.4, -0.2) is 36.6 Å². The molecule has 142 valence electrons. The van der Waals surface area contributed by atoms with Crippen molar-refractivity contribution in [3.8, 4) is 0 Å². The van der Waals surface area contributed by atoms with Crippen LogP contribution in [0.2, 0.25) is 0 Å². The predicted molar refractivity (Wildman–Crippen MR) is 108 cm³/mol. The minimum Gasteiger partial charge on any atom is -0.364 e. The molecule has 0 saturated carbocycles. The molecule has 0 aromatic heterocycles. The van der Waals surface area contributed by atoms with Gasteiger partial charge in [-0.2, -0.15) is 0 Å². The molecule has 0 spiro atoms. The minimum atomic E-state index is 1.11. The Kier molecular flexibility index (Phi) is 14.4. The Hall–Kier alpha value is -0.500. The van der Waals surface area contributed by atoms with Gasteiger partial charge in [-0.1, -0.05) is 96.5 Å². The van der Waals surface area contributed by atoms with Gasteiger partial charge in [0.2, 0.25) is 0 Å². The maximum Gasteiger partial charge on any atom is 0.0700 e. The van der Waals surface area contributed by atoms with Crippen LogP contribution < -0.4 is 0 Å². The van der Waals surface area contributed by atoms with Crippen molar-refractivity contribution in [1.82, 2.24) is 9.80 Å². The van der Waals surface area contributed by atoms with E-state index < -0.39 is 0 Å². The van der Waals surface area contributed by atoms with Gasteiger partial charge in [-0.05, 0) is 26.1 Å². The molecule has 2 nitrogen and oxygen atoms in total. The van der Waals surface area contributed by atoms with Gasteiger partial charge in [0.25, 0.3) is 0 Å². The van der Waals surface area contributed by atoms with Gasteiger partial charge in [0, 0.05) is 13.1 Å². The fraction of sp³-hybridized carbons (Fsp3) is 0.909. The van der Waals surface area contributed by atoms with Crippen molar-refractivity contribution in [3.05, 3.63) is 12.3 Å². The van der Waals surface area contributed by atoms with E-state index >= 15 is 0 Å². The fourth-order valence-corrected chi connectivity index (χ4v) is 3.55. The first kappa shape index (κ1) is 21.5. The van der Waals surface area contributed by atoms with E-state index in [0.29, 0.717) is 0 Å². The highest BCUT2D eigenvalue weighted by Crippen LogP contribution is 2.13. The number of nitrogens with zero attached hydrogens (tertiary/aromatic N) is 2. The minimum absolute atomic E-state index is 1.11. The molecule has 2 heteroatoms. The van der Waals surface area contributed by atoms with E-state index in [9.17, 15) is 0 Å². The molecule has 1 heterocycles. The topological polar surface area (TPSA) is 6.48 Å². The maximum absolute atomic E-state index is 2.42. The highest BCUT2D eigenvalue weighted by Gasteiger charge is 2.11. The summed E-state index contributed by atoms with van der Waals surface area (Å²) in [5, 5.41) is 0. The number of rotatable bonds is 16. The molecule has 0 N–H and O–H groups in total. The van der Waals surface area contributed by atoms with Gasteiger partial charge in [0.15, 0.2) is 0 Å². The maximum atomic E-state index is 2.42. The lowest BCUT2D eigenvalue weighted by atomic mass is 10.0. The summed E-state index contributed by atoms with van der Waals surface area (Å²) in [5.74, 6) is 0. The molecule has 1 fully saturated rings. The van der Waals surface area contributed by atoms with Crippen molar-refractivity contribution >= 4 is 0 Å². The Morgan fingerprint density at radius 1 is 0.667 bits per heavy atom. The zero-order chi connectivity index (χ0) is 17.3. The molecule has 0 radical (unpaired) electrons.